The SMILES string of the molecule is COC(=O)Cc1ncccc1B(O)O. The molecule has 0 spiro atoms. The average molecular weight is 195 g/mol. The number of methoxy groups -OCH3 is 1. The maximum atomic E-state index is 10.9. The average Bonchev–Trinajstić information content (AvgIpc) is 2.18. The Labute approximate surface area is 81.5 Å². The van der Waals surface area contributed by atoms with Crippen molar-refractivity contribution in [3.63, 3.8) is 0 Å². The van der Waals surface area contributed by atoms with E-state index in [1.807, 2.05) is 0 Å². The second kappa shape index (κ2) is 4.73. The van der Waals surface area contributed by atoms with Crippen LogP contribution in [0.15, 0.2) is 18.3 Å². The van der Waals surface area contributed by atoms with E-state index in [0.29, 0.717) is 5.69 Å². The van der Waals surface area contributed by atoms with Crippen molar-refractivity contribution in [1.29, 1.82) is 0 Å². The minimum absolute atomic E-state index is 0.0652. The molecule has 0 atom stereocenters. The van der Waals surface area contributed by atoms with Gasteiger partial charge >= 0.3 is 13.1 Å². The van der Waals surface area contributed by atoms with Gasteiger partial charge in [-0.15, -0.1) is 0 Å². The summed E-state index contributed by atoms with van der Waals surface area (Å²) in [6.07, 6.45) is 1.41. The maximum absolute atomic E-state index is 10.9. The van der Waals surface area contributed by atoms with Crippen molar-refractivity contribution in [2.24, 2.45) is 0 Å². The van der Waals surface area contributed by atoms with E-state index in [2.05, 4.69) is 9.72 Å². The number of nitrogens with zero attached hydrogens (tertiary/aromatic N) is 1. The van der Waals surface area contributed by atoms with Crippen LogP contribution in [0.3, 0.4) is 0 Å². The van der Waals surface area contributed by atoms with Gasteiger partial charge in [-0.25, -0.2) is 0 Å². The number of rotatable bonds is 3. The Balaban J connectivity index is 2.90. The second-order valence-corrected chi connectivity index (χ2v) is 2.67. The Hall–Kier alpha value is -1.40. The highest BCUT2D eigenvalue weighted by atomic mass is 16.5. The largest absolute Gasteiger partial charge is 0.490 e. The van der Waals surface area contributed by atoms with E-state index in [-0.39, 0.29) is 11.9 Å². The Morgan fingerprint density at radius 3 is 2.93 bits per heavy atom. The van der Waals surface area contributed by atoms with Crippen LogP contribution in [0.2, 0.25) is 0 Å². The van der Waals surface area contributed by atoms with Gasteiger partial charge in [0.25, 0.3) is 0 Å². The first-order valence-electron chi connectivity index (χ1n) is 4.02. The molecular weight excluding hydrogens is 185 g/mol. The third-order valence-electron chi connectivity index (χ3n) is 1.74. The van der Waals surface area contributed by atoms with Gasteiger partial charge in [-0.1, -0.05) is 6.07 Å². The number of ether oxygens (including phenoxy) is 1. The second-order valence-electron chi connectivity index (χ2n) is 2.67. The molecule has 0 radical (unpaired) electrons. The summed E-state index contributed by atoms with van der Waals surface area (Å²) in [6, 6.07) is 3.06. The minimum Gasteiger partial charge on any atom is -0.469 e. The van der Waals surface area contributed by atoms with E-state index in [1.54, 1.807) is 6.07 Å². The van der Waals surface area contributed by atoms with Gasteiger partial charge in [-0.2, -0.15) is 0 Å². The van der Waals surface area contributed by atoms with Crippen LogP contribution in [-0.4, -0.2) is 35.2 Å². The lowest BCUT2D eigenvalue weighted by atomic mass is 9.78. The van der Waals surface area contributed by atoms with Crippen molar-refractivity contribution >= 4 is 18.6 Å². The van der Waals surface area contributed by atoms with Crippen molar-refractivity contribution in [3.8, 4) is 0 Å². The first kappa shape index (κ1) is 10.7. The summed E-state index contributed by atoms with van der Waals surface area (Å²) in [4.78, 5) is 14.8. The minimum atomic E-state index is -1.62. The molecule has 1 rings (SSSR count). The fraction of sp³-hybridized carbons (Fsp3) is 0.250. The van der Waals surface area contributed by atoms with Crippen molar-refractivity contribution < 1.29 is 19.6 Å². The summed E-state index contributed by atoms with van der Waals surface area (Å²) >= 11 is 0. The van der Waals surface area contributed by atoms with Crippen LogP contribution >= 0.6 is 0 Å². The number of aromatic nitrogens is 1. The number of hydrogen-bond acceptors (Lipinski definition) is 5. The summed E-state index contributed by atoms with van der Waals surface area (Å²) in [5.41, 5.74) is 0.534. The van der Waals surface area contributed by atoms with Crippen molar-refractivity contribution in [2.45, 2.75) is 6.42 Å². The highest BCUT2D eigenvalue weighted by molar-refractivity contribution is 6.59. The summed E-state index contributed by atoms with van der Waals surface area (Å²) < 4.78 is 4.45. The Morgan fingerprint density at radius 1 is 1.64 bits per heavy atom. The Bertz CT molecular complexity index is 329. The molecule has 0 aliphatic heterocycles. The number of esters is 1. The van der Waals surface area contributed by atoms with E-state index in [1.165, 1.54) is 19.4 Å². The van der Waals surface area contributed by atoms with Crippen LogP contribution in [0.1, 0.15) is 5.69 Å². The molecular formula is C8H10BNO4. The lowest BCUT2D eigenvalue weighted by Crippen LogP contribution is -2.34. The zero-order valence-corrected chi connectivity index (χ0v) is 7.67. The predicted molar refractivity (Wildman–Crippen MR) is 49.8 cm³/mol. The first-order chi connectivity index (χ1) is 6.65. The van der Waals surface area contributed by atoms with E-state index < -0.39 is 13.1 Å². The van der Waals surface area contributed by atoms with Gasteiger partial charge in [-0.05, 0) is 6.07 Å². The molecule has 0 bridgehead atoms. The van der Waals surface area contributed by atoms with Gasteiger partial charge in [0.1, 0.15) is 0 Å². The molecule has 0 aromatic carbocycles. The molecule has 5 nitrogen and oxygen atoms in total. The number of carbonyl (C=O) groups is 1. The van der Waals surface area contributed by atoms with Gasteiger partial charge in [-0.3, -0.25) is 9.78 Å². The monoisotopic (exact) mass is 195 g/mol. The summed E-state index contributed by atoms with van der Waals surface area (Å²) in [7, 11) is -0.358. The van der Waals surface area contributed by atoms with Gasteiger partial charge in [0.15, 0.2) is 0 Å². The van der Waals surface area contributed by atoms with Crippen LogP contribution in [0, 0.1) is 0 Å². The lowest BCUT2D eigenvalue weighted by Gasteiger charge is -2.05. The highest BCUT2D eigenvalue weighted by Crippen LogP contribution is 1.95. The molecule has 0 unspecified atom stereocenters. The smallest absolute Gasteiger partial charge is 0.469 e. The van der Waals surface area contributed by atoms with Crippen LogP contribution < -0.4 is 5.46 Å². The quantitative estimate of drug-likeness (QED) is 0.452. The number of hydrogen-bond donors (Lipinski definition) is 2. The zero-order chi connectivity index (χ0) is 10.6. The molecule has 6 heteroatoms. The van der Waals surface area contributed by atoms with Gasteiger partial charge in [0, 0.05) is 11.7 Å². The molecule has 1 heterocycles. The normalized spacial score (nSPS) is 9.64. The molecule has 0 saturated heterocycles. The fourth-order valence-corrected chi connectivity index (χ4v) is 1.04. The molecule has 74 valence electrons. The topological polar surface area (TPSA) is 79.7 Å². The fourth-order valence-electron chi connectivity index (χ4n) is 1.04. The predicted octanol–water partition coefficient (Wildman–Crippen LogP) is -1.52. The third kappa shape index (κ3) is 2.55. The zero-order valence-electron chi connectivity index (χ0n) is 7.67. The van der Waals surface area contributed by atoms with Crippen LogP contribution in [0.4, 0.5) is 0 Å². The first-order valence-corrected chi connectivity index (χ1v) is 4.02. The lowest BCUT2D eigenvalue weighted by molar-refractivity contribution is -0.139. The molecule has 1 aromatic heterocycles. The van der Waals surface area contributed by atoms with Gasteiger partial charge in [0.05, 0.1) is 19.2 Å². The van der Waals surface area contributed by atoms with E-state index in [9.17, 15) is 4.79 Å². The van der Waals surface area contributed by atoms with Crippen molar-refractivity contribution in [3.05, 3.63) is 24.0 Å². The Morgan fingerprint density at radius 2 is 2.36 bits per heavy atom. The Kier molecular flexibility index (Phi) is 3.61. The van der Waals surface area contributed by atoms with E-state index >= 15 is 0 Å². The highest BCUT2D eigenvalue weighted by Gasteiger charge is 2.18. The van der Waals surface area contributed by atoms with Crippen LogP contribution in [0.5, 0.6) is 0 Å². The standard InChI is InChI=1S/C8H10BNO4/c1-14-8(11)5-7-6(9(12)13)3-2-4-10-7/h2-4,12-13H,5H2,1H3. The molecule has 0 saturated carbocycles. The molecule has 0 aliphatic rings. The van der Waals surface area contributed by atoms with E-state index in [4.69, 9.17) is 10.0 Å². The van der Waals surface area contributed by atoms with Gasteiger partial charge < -0.3 is 14.8 Å². The van der Waals surface area contributed by atoms with Crippen molar-refractivity contribution in [2.75, 3.05) is 7.11 Å². The third-order valence-corrected chi connectivity index (χ3v) is 1.74. The van der Waals surface area contributed by atoms with Gasteiger partial charge in [0.2, 0.25) is 0 Å². The maximum Gasteiger partial charge on any atom is 0.490 e. The number of pyridine rings is 1. The molecule has 0 fully saturated rings. The summed E-state index contributed by atoms with van der Waals surface area (Å²) in [5.74, 6) is -0.467. The molecule has 0 amide bonds. The summed E-state index contributed by atoms with van der Waals surface area (Å²) in [5, 5.41) is 17.9. The van der Waals surface area contributed by atoms with Crippen molar-refractivity contribution in [1.82, 2.24) is 4.98 Å². The number of carbonyl (C=O) groups excluding carboxylic acids is 1. The molecule has 0 aliphatic carbocycles. The molecule has 1 aromatic rings. The van der Waals surface area contributed by atoms with E-state index in [0.717, 1.165) is 0 Å². The molecule has 14 heavy (non-hydrogen) atoms. The van der Waals surface area contributed by atoms with Crippen LogP contribution in [-0.2, 0) is 16.0 Å². The van der Waals surface area contributed by atoms with Crippen LogP contribution in [0.25, 0.3) is 0 Å². The molecule has 2 N–H and O–H groups in total. The summed E-state index contributed by atoms with van der Waals surface area (Å²) in [6.45, 7) is 0.